The minimum atomic E-state index is -0.259. The summed E-state index contributed by atoms with van der Waals surface area (Å²) in [5.74, 6) is 1.36. The van der Waals surface area contributed by atoms with Gasteiger partial charge in [0.2, 0.25) is 0 Å². The highest BCUT2D eigenvalue weighted by atomic mass is 16.5. The van der Waals surface area contributed by atoms with Gasteiger partial charge in [-0.25, -0.2) is 0 Å². The molecule has 6 aromatic rings. The summed E-state index contributed by atoms with van der Waals surface area (Å²) in [6.07, 6.45) is 0.899. The normalized spacial score (nSPS) is 12.1. The van der Waals surface area contributed by atoms with Crippen molar-refractivity contribution in [3.63, 3.8) is 0 Å². The summed E-state index contributed by atoms with van der Waals surface area (Å²) in [5.41, 5.74) is 20.9. The Bertz CT molecular complexity index is 1890. The van der Waals surface area contributed by atoms with Crippen LogP contribution in [0.15, 0.2) is 109 Å². The molecule has 53 heavy (non-hydrogen) atoms. The molecule has 0 bridgehead atoms. The fourth-order valence-electron chi connectivity index (χ4n) is 7.52. The standard InChI is InChI=1S/C18H18O3.2C16H18/c1-12-5-3-7-15-17(12)18-13(2)6-4-8-16(18)21-11-14(9-19)10-20-15;2*1-11-7-5-8-12(2)15(11)16-13(3)9-6-10-14(16)4/h3-9,14H,10-11H2,1-2H3;2*5-10H,1-4H3. The van der Waals surface area contributed by atoms with Crippen LogP contribution >= 0.6 is 0 Å². The van der Waals surface area contributed by atoms with Crippen molar-refractivity contribution in [3.8, 4) is 44.9 Å². The van der Waals surface area contributed by atoms with Crippen molar-refractivity contribution in [3.05, 3.63) is 165 Å². The molecule has 0 aromatic heterocycles. The first-order chi connectivity index (χ1) is 25.4. The largest absolute Gasteiger partial charge is 0.492 e. The fraction of sp³-hybridized carbons (Fsp3) is 0.260. The van der Waals surface area contributed by atoms with E-state index in [0.717, 1.165) is 40.0 Å². The third kappa shape index (κ3) is 8.80. The molecule has 0 saturated heterocycles. The van der Waals surface area contributed by atoms with Gasteiger partial charge in [-0.15, -0.1) is 0 Å². The number of carbonyl (C=O) groups is 1. The zero-order valence-electron chi connectivity index (χ0n) is 33.2. The Kier molecular flexibility index (Phi) is 12.7. The second-order valence-corrected chi connectivity index (χ2v) is 14.5. The molecule has 272 valence electrons. The molecule has 0 N–H and O–H groups in total. The van der Waals surface area contributed by atoms with Gasteiger partial charge >= 0.3 is 0 Å². The van der Waals surface area contributed by atoms with Gasteiger partial charge in [0.15, 0.2) is 0 Å². The maximum atomic E-state index is 11.1. The van der Waals surface area contributed by atoms with Crippen LogP contribution in [0.25, 0.3) is 33.4 Å². The van der Waals surface area contributed by atoms with Crippen molar-refractivity contribution in [1.82, 2.24) is 0 Å². The Morgan fingerprint density at radius 1 is 0.358 bits per heavy atom. The number of carbonyl (C=O) groups excluding carboxylic acids is 1. The van der Waals surface area contributed by atoms with Crippen molar-refractivity contribution in [1.29, 1.82) is 0 Å². The Balaban J connectivity index is 0.000000156. The number of ether oxygens (including phenoxy) is 2. The van der Waals surface area contributed by atoms with Crippen LogP contribution in [0.5, 0.6) is 11.5 Å². The quantitative estimate of drug-likeness (QED) is 0.172. The maximum Gasteiger partial charge on any atom is 0.129 e. The number of hydrogen-bond acceptors (Lipinski definition) is 3. The van der Waals surface area contributed by atoms with Crippen LogP contribution in [-0.2, 0) is 4.79 Å². The van der Waals surface area contributed by atoms with E-state index in [-0.39, 0.29) is 5.92 Å². The van der Waals surface area contributed by atoms with Crippen molar-refractivity contribution < 1.29 is 14.3 Å². The predicted molar refractivity (Wildman–Crippen MR) is 224 cm³/mol. The molecular weight excluding hydrogens is 649 g/mol. The van der Waals surface area contributed by atoms with Crippen LogP contribution in [-0.4, -0.2) is 19.5 Å². The number of fused-ring (bicyclic) bond motifs is 3. The number of hydrogen-bond donors (Lipinski definition) is 0. The highest BCUT2D eigenvalue weighted by molar-refractivity contribution is 5.81. The van der Waals surface area contributed by atoms with Crippen molar-refractivity contribution in [2.75, 3.05) is 13.2 Å². The second-order valence-electron chi connectivity index (χ2n) is 14.5. The van der Waals surface area contributed by atoms with E-state index >= 15 is 0 Å². The van der Waals surface area contributed by atoms with Gasteiger partial charge in [-0.05, 0) is 159 Å². The first kappa shape index (κ1) is 38.8. The third-order valence-corrected chi connectivity index (χ3v) is 10.2. The minimum Gasteiger partial charge on any atom is -0.492 e. The molecule has 1 aliphatic rings. The smallest absolute Gasteiger partial charge is 0.129 e. The molecule has 0 unspecified atom stereocenters. The van der Waals surface area contributed by atoms with E-state index < -0.39 is 0 Å². The van der Waals surface area contributed by atoms with Crippen LogP contribution < -0.4 is 9.47 Å². The lowest BCUT2D eigenvalue weighted by Crippen LogP contribution is -2.20. The van der Waals surface area contributed by atoms with Gasteiger partial charge in [0.1, 0.15) is 31.0 Å². The summed E-state index contributed by atoms with van der Waals surface area (Å²) >= 11 is 0. The SMILES string of the molecule is Cc1cccc(C)c1-c1c(C)cccc1C.Cc1cccc(C)c1-c1c(C)cccc1C.Cc1cccc2c1-c1c(C)cccc1OCC(C=O)CO2. The average Bonchev–Trinajstić information content (AvgIpc) is 3.20. The molecule has 0 fully saturated rings. The molecule has 6 aromatic carbocycles. The Hall–Kier alpha value is -5.41. The van der Waals surface area contributed by atoms with Gasteiger partial charge in [0.25, 0.3) is 0 Å². The summed E-state index contributed by atoms with van der Waals surface area (Å²) in [4.78, 5) is 11.1. The molecule has 7 rings (SSSR count). The molecule has 0 saturated carbocycles. The molecule has 1 aliphatic heterocycles. The van der Waals surface area contributed by atoms with Gasteiger partial charge in [0, 0.05) is 11.1 Å². The summed E-state index contributed by atoms with van der Waals surface area (Å²) in [7, 11) is 0. The molecule has 0 spiro atoms. The molecule has 3 heteroatoms. The van der Waals surface area contributed by atoms with Crippen molar-refractivity contribution in [2.45, 2.75) is 69.2 Å². The number of benzene rings is 6. The number of rotatable bonds is 3. The van der Waals surface area contributed by atoms with Crippen LogP contribution in [0.1, 0.15) is 55.6 Å². The second kappa shape index (κ2) is 17.4. The zero-order valence-corrected chi connectivity index (χ0v) is 33.2. The molecule has 0 amide bonds. The van der Waals surface area contributed by atoms with Crippen LogP contribution in [0, 0.1) is 75.2 Å². The van der Waals surface area contributed by atoms with Gasteiger partial charge in [-0.3, -0.25) is 0 Å². The molecule has 0 radical (unpaired) electrons. The predicted octanol–water partition coefficient (Wildman–Crippen LogP) is 12.7. The summed E-state index contributed by atoms with van der Waals surface area (Å²) in [6, 6.07) is 38.0. The average molecular weight is 703 g/mol. The monoisotopic (exact) mass is 702 g/mol. The molecular formula is C50H54O3. The first-order valence-electron chi connectivity index (χ1n) is 18.6. The summed E-state index contributed by atoms with van der Waals surface area (Å²) in [5, 5.41) is 0. The lowest BCUT2D eigenvalue weighted by Gasteiger charge is -2.16. The maximum absolute atomic E-state index is 11.1. The summed E-state index contributed by atoms with van der Waals surface area (Å²) in [6.45, 7) is 22.3. The van der Waals surface area contributed by atoms with Crippen LogP contribution in [0.4, 0.5) is 0 Å². The van der Waals surface area contributed by atoms with Crippen molar-refractivity contribution in [2.24, 2.45) is 5.92 Å². The summed E-state index contributed by atoms with van der Waals surface area (Å²) < 4.78 is 11.8. The van der Waals surface area contributed by atoms with E-state index in [2.05, 4.69) is 154 Å². The number of aldehydes is 1. The Labute approximate surface area is 317 Å². The third-order valence-electron chi connectivity index (χ3n) is 10.2. The minimum absolute atomic E-state index is 0.259. The van der Waals surface area contributed by atoms with Crippen molar-refractivity contribution >= 4 is 6.29 Å². The van der Waals surface area contributed by atoms with E-state index in [0.29, 0.717) is 13.2 Å². The lowest BCUT2D eigenvalue weighted by atomic mass is 9.90. The van der Waals surface area contributed by atoms with E-state index in [9.17, 15) is 4.79 Å². The van der Waals surface area contributed by atoms with Gasteiger partial charge in [-0.1, -0.05) is 97.1 Å². The topological polar surface area (TPSA) is 35.5 Å². The highest BCUT2D eigenvalue weighted by Gasteiger charge is 2.21. The van der Waals surface area contributed by atoms with Crippen LogP contribution in [0.2, 0.25) is 0 Å². The zero-order chi connectivity index (χ0) is 38.2. The first-order valence-corrected chi connectivity index (χ1v) is 18.6. The van der Waals surface area contributed by atoms with Gasteiger partial charge < -0.3 is 14.3 Å². The van der Waals surface area contributed by atoms with E-state index in [1.54, 1.807) is 0 Å². The highest BCUT2D eigenvalue weighted by Crippen LogP contribution is 2.42. The van der Waals surface area contributed by atoms with E-state index in [4.69, 9.17) is 9.47 Å². The fourth-order valence-corrected chi connectivity index (χ4v) is 7.52. The van der Waals surface area contributed by atoms with E-state index in [1.807, 2.05) is 24.3 Å². The Morgan fingerprint density at radius 2 is 0.566 bits per heavy atom. The Morgan fingerprint density at radius 3 is 0.792 bits per heavy atom. The van der Waals surface area contributed by atoms with Gasteiger partial charge in [0.05, 0.1) is 5.92 Å². The molecule has 0 atom stereocenters. The van der Waals surface area contributed by atoms with Gasteiger partial charge in [-0.2, -0.15) is 0 Å². The molecule has 3 nitrogen and oxygen atoms in total. The molecule has 1 heterocycles. The lowest BCUT2D eigenvalue weighted by molar-refractivity contribution is -0.112. The van der Waals surface area contributed by atoms with E-state index in [1.165, 1.54) is 66.8 Å². The van der Waals surface area contributed by atoms with Crippen LogP contribution in [0.3, 0.4) is 0 Å². The number of aryl methyl sites for hydroxylation is 10. The molecule has 0 aliphatic carbocycles.